The number of rotatable bonds is 18. The second-order valence-corrected chi connectivity index (χ2v) is 31.0. The summed E-state index contributed by atoms with van der Waals surface area (Å²) >= 11 is 1.88. The molecule has 0 aliphatic heterocycles. The number of fused-ring (bicyclic) bond motifs is 6. The molecule has 19 aromatic carbocycles. The topological polar surface area (TPSA) is 14.7 Å². The van der Waals surface area contributed by atoms with Gasteiger partial charge < -0.3 is 19.3 Å². The third kappa shape index (κ3) is 14.9. The van der Waals surface area contributed by atoms with Crippen molar-refractivity contribution < 1.29 is 0 Å². The van der Waals surface area contributed by atoms with Crippen LogP contribution in [0.1, 0.15) is 0 Å². The molecule has 0 bridgehead atoms. The molecule has 0 saturated carbocycles. The molecule has 4 nitrogen and oxygen atoms in total. The van der Waals surface area contributed by atoms with E-state index >= 15 is 0 Å². The van der Waals surface area contributed by atoms with Crippen molar-refractivity contribution in [2.45, 2.75) is 0 Å². The smallest absolute Gasteiger partial charge is 0.0640 e. The third-order valence-electron chi connectivity index (χ3n) is 22.7. The van der Waals surface area contributed by atoms with Crippen LogP contribution in [0, 0.1) is 0 Å². The van der Waals surface area contributed by atoms with Gasteiger partial charge in [0.1, 0.15) is 0 Å². The zero-order chi connectivity index (χ0) is 79.2. The third-order valence-corrected chi connectivity index (χ3v) is 23.9. The molecule has 0 aliphatic rings. The van der Waals surface area contributed by atoms with Crippen molar-refractivity contribution in [2.24, 2.45) is 0 Å². The standard InChI is InChI=1S/C60H44N2.C54H36N2S/c1-5-13-45(14-6-1)47-21-25-49(26-22-47)51-29-37-57(38-30-51)61(55-17-9-3-10-18-55)59-41-33-53(34-42-59)54-35-43-60(44-36-54)62(56-19-11-4-12-20-56)58-39-31-52(32-40-58)50-27-23-48(24-28-50)46-15-7-2-8-16-46;1-3-12-37(13-4-1)39-22-29-43(30-23-39)55(44-31-24-40(25-32-44)38-14-5-2-6-15-38)45-33-26-41(27-34-45)42-28-35-51-49(36-42)46-16-7-9-19-50(46)56(51)52-20-11-18-48-47-17-8-10-21-53(47)57-54(48)52/h1-44H;1-36H. The van der Waals surface area contributed by atoms with Gasteiger partial charge in [-0.05, 0) is 229 Å². The monoisotopic (exact) mass is 1540 g/mol. The van der Waals surface area contributed by atoms with Gasteiger partial charge in [0.15, 0.2) is 0 Å². The first kappa shape index (κ1) is 72.6. The molecule has 0 atom stereocenters. The van der Waals surface area contributed by atoms with E-state index in [0.717, 1.165) is 62.3 Å². The molecule has 2 aromatic heterocycles. The maximum Gasteiger partial charge on any atom is 0.0640 e. The SMILES string of the molecule is c1ccc(-c2ccc(-c3ccc(N(c4ccccc4)c4ccc(-c5ccc(N(c6ccccc6)c6ccc(-c7ccc(-c8ccccc8)cc7)cc6)cc5)cc4)cc3)cc2)cc1.c1ccc(-c2ccc(N(c3ccc(-c4ccccc4)cc3)c3ccc(-c4ccc5c(c4)c4ccccc4n5-c4cccc5c4sc4ccccc45)cc3)cc2)cc1. The van der Waals surface area contributed by atoms with E-state index in [-0.39, 0.29) is 0 Å². The van der Waals surface area contributed by atoms with E-state index < -0.39 is 0 Å². The lowest BCUT2D eigenvalue weighted by Gasteiger charge is -2.26. The first-order valence-corrected chi connectivity index (χ1v) is 41.4. The fourth-order valence-corrected chi connectivity index (χ4v) is 17.9. The molecule has 119 heavy (non-hydrogen) atoms. The number of para-hydroxylation sites is 3. The summed E-state index contributed by atoms with van der Waals surface area (Å²) < 4.78 is 5.09. The number of nitrogens with zero attached hydrogens (tertiary/aromatic N) is 4. The minimum atomic E-state index is 1.10. The predicted octanol–water partition coefficient (Wildman–Crippen LogP) is 32.6. The van der Waals surface area contributed by atoms with Crippen LogP contribution in [-0.4, -0.2) is 4.57 Å². The molecule has 2 heterocycles. The first-order chi connectivity index (χ1) is 59.0. The Bertz CT molecular complexity index is 6730. The van der Waals surface area contributed by atoms with Crippen molar-refractivity contribution in [3.8, 4) is 94.7 Å². The van der Waals surface area contributed by atoms with E-state index in [1.54, 1.807) is 0 Å². The quantitative estimate of drug-likeness (QED) is 0.0851. The molecule has 562 valence electrons. The van der Waals surface area contributed by atoms with Crippen molar-refractivity contribution in [2.75, 3.05) is 14.7 Å². The minimum Gasteiger partial charge on any atom is -0.311 e. The van der Waals surface area contributed by atoms with E-state index in [0.29, 0.717) is 0 Å². The van der Waals surface area contributed by atoms with Gasteiger partial charge in [0, 0.05) is 77.4 Å². The highest BCUT2D eigenvalue weighted by Gasteiger charge is 2.21. The maximum absolute atomic E-state index is 2.46. The second-order valence-electron chi connectivity index (χ2n) is 30.0. The van der Waals surface area contributed by atoms with Crippen LogP contribution >= 0.6 is 11.3 Å². The van der Waals surface area contributed by atoms with E-state index in [1.807, 2.05) is 11.3 Å². The molecular formula is C114H80N4S. The Labute approximate surface area is 698 Å². The van der Waals surface area contributed by atoms with Crippen molar-refractivity contribution in [1.82, 2.24) is 4.57 Å². The zero-order valence-electron chi connectivity index (χ0n) is 65.4. The van der Waals surface area contributed by atoms with E-state index in [4.69, 9.17) is 0 Å². The molecule has 0 spiro atoms. The summed E-state index contributed by atoms with van der Waals surface area (Å²) in [5, 5.41) is 5.14. The van der Waals surface area contributed by atoms with Crippen LogP contribution in [0.15, 0.2) is 485 Å². The highest BCUT2D eigenvalue weighted by molar-refractivity contribution is 7.26. The number of anilines is 9. The second kappa shape index (κ2) is 32.8. The molecule has 0 amide bonds. The number of benzene rings is 19. The summed E-state index contributed by atoms with van der Waals surface area (Å²) in [6, 6.07) is 175. The summed E-state index contributed by atoms with van der Waals surface area (Å²) in [6.07, 6.45) is 0. The number of hydrogen-bond donors (Lipinski definition) is 0. The molecule has 5 heteroatoms. The van der Waals surface area contributed by atoms with Crippen LogP contribution in [-0.2, 0) is 0 Å². The highest BCUT2D eigenvalue weighted by atomic mass is 32.1. The van der Waals surface area contributed by atoms with Crippen LogP contribution in [0.4, 0.5) is 51.2 Å². The number of hydrogen-bond acceptors (Lipinski definition) is 4. The normalized spacial score (nSPS) is 11.2. The van der Waals surface area contributed by atoms with Crippen molar-refractivity contribution in [3.05, 3.63) is 485 Å². The van der Waals surface area contributed by atoms with Crippen LogP contribution in [0.2, 0.25) is 0 Å². The largest absolute Gasteiger partial charge is 0.311 e. The molecule has 0 saturated heterocycles. The van der Waals surface area contributed by atoms with Crippen LogP contribution < -0.4 is 14.7 Å². The summed E-state index contributed by atoms with van der Waals surface area (Å²) in [4.78, 5) is 6.98. The van der Waals surface area contributed by atoms with Gasteiger partial charge in [-0.3, -0.25) is 0 Å². The van der Waals surface area contributed by atoms with Gasteiger partial charge in [0.2, 0.25) is 0 Å². The van der Waals surface area contributed by atoms with Crippen molar-refractivity contribution >= 4 is 105 Å². The molecule has 0 fully saturated rings. The lowest BCUT2D eigenvalue weighted by Crippen LogP contribution is -2.10. The van der Waals surface area contributed by atoms with Crippen LogP contribution in [0.25, 0.3) is 137 Å². The Kier molecular flexibility index (Phi) is 20.0. The Balaban J connectivity index is 0.000000153. The van der Waals surface area contributed by atoms with Crippen molar-refractivity contribution in [3.63, 3.8) is 0 Å². The van der Waals surface area contributed by atoms with Crippen LogP contribution in [0.3, 0.4) is 0 Å². The first-order valence-electron chi connectivity index (χ1n) is 40.6. The van der Waals surface area contributed by atoms with Crippen LogP contribution in [0.5, 0.6) is 0 Å². The molecule has 21 aromatic rings. The molecule has 0 N–H and O–H groups in total. The number of thiophene rings is 1. The van der Waals surface area contributed by atoms with Gasteiger partial charge in [0.25, 0.3) is 0 Å². The van der Waals surface area contributed by atoms with Gasteiger partial charge in [-0.2, -0.15) is 0 Å². The van der Waals surface area contributed by atoms with E-state index in [1.165, 1.54) is 126 Å². The summed E-state index contributed by atoms with van der Waals surface area (Å²) in [6.45, 7) is 0. The molecule has 0 radical (unpaired) electrons. The van der Waals surface area contributed by atoms with Gasteiger partial charge >= 0.3 is 0 Å². The van der Waals surface area contributed by atoms with Gasteiger partial charge in [-0.1, -0.05) is 346 Å². The summed E-state index contributed by atoms with van der Waals surface area (Å²) in [5.41, 5.74) is 32.8. The lowest BCUT2D eigenvalue weighted by atomic mass is 10.00. The summed E-state index contributed by atoms with van der Waals surface area (Å²) in [7, 11) is 0. The van der Waals surface area contributed by atoms with Gasteiger partial charge in [-0.15, -0.1) is 11.3 Å². The molecule has 0 unspecified atom stereocenters. The molecule has 0 aliphatic carbocycles. The summed E-state index contributed by atoms with van der Waals surface area (Å²) in [5.74, 6) is 0. The molecular weight excluding hydrogens is 1460 g/mol. The Morgan fingerprint density at radius 2 is 0.378 bits per heavy atom. The van der Waals surface area contributed by atoms with Crippen molar-refractivity contribution in [1.29, 1.82) is 0 Å². The average Bonchev–Trinajstić information content (AvgIpc) is 1.57. The highest BCUT2D eigenvalue weighted by Crippen LogP contribution is 2.46. The van der Waals surface area contributed by atoms with E-state index in [2.05, 4.69) is 505 Å². The Hall–Kier alpha value is -15.4. The predicted molar refractivity (Wildman–Crippen MR) is 508 cm³/mol. The Morgan fingerprint density at radius 3 is 0.706 bits per heavy atom. The fraction of sp³-hybridized carbons (Fsp3) is 0. The zero-order valence-corrected chi connectivity index (χ0v) is 66.2. The average molecular weight is 1540 g/mol. The fourth-order valence-electron chi connectivity index (χ4n) is 16.7. The van der Waals surface area contributed by atoms with Gasteiger partial charge in [0.05, 0.1) is 21.4 Å². The number of aromatic nitrogens is 1. The van der Waals surface area contributed by atoms with E-state index in [9.17, 15) is 0 Å². The Morgan fingerprint density at radius 1 is 0.151 bits per heavy atom. The maximum atomic E-state index is 2.46. The minimum absolute atomic E-state index is 1.10. The lowest BCUT2D eigenvalue weighted by molar-refractivity contribution is 1.20. The molecule has 21 rings (SSSR count). The van der Waals surface area contributed by atoms with Gasteiger partial charge in [-0.25, -0.2) is 0 Å².